The van der Waals surface area contributed by atoms with Gasteiger partial charge in [0.15, 0.2) is 0 Å². The molecule has 0 unspecified atom stereocenters. The molecule has 0 saturated heterocycles. The Morgan fingerprint density at radius 3 is 2.42 bits per heavy atom. The van der Waals surface area contributed by atoms with E-state index in [9.17, 15) is 37.4 Å². The Bertz CT molecular complexity index is 1470. The number of para-hydroxylation sites is 1. The number of hydrogen-bond acceptors (Lipinski definition) is 5. The van der Waals surface area contributed by atoms with Crippen LogP contribution in [0, 0.1) is 9.39 Å². The normalized spacial score (nSPS) is 18.5. The Morgan fingerprint density at radius 1 is 1.05 bits per heavy atom. The van der Waals surface area contributed by atoms with Gasteiger partial charge in [-0.05, 0) is 89.2 Å². The molecule has 0 aliphatic heterocycles. The minimum absolute atomic E-state index is 0.0285. The predicted octanol–water partition coefficient (Wildman–Crippen LogP) is 4.75. The van der Waals surface area contributed by atoms with Crippen molar-refractivity contribution in [3.63, 3.8) is 0 Å². The molecule has 228 valence electrons. The number of benzene rings is 3. The van der Waals surface area contributed by atoms with Gasteiger partial charge in [0.25, 0.3) is 5.91 Å². The first-order chi connectivity index (χ1) is 20.5. The fourth-order valence-corrected chi connectivity index (χ4v) is 5.31. The number of halogens is 5. The van der Waals surface area contributed by atoms with Crippen LogP contribution in [0.25, 0.3) is 0 Å². The Kier molecular flexibility index (Phi) is 10.8. The molecular weight excluding hydrogens is 683 g/mol. The van der Waals surface area contributed by atoms with Gasteiger partial charge in [-0.3, -0.25) is 9.59 Å². The van der Waals surface area contributed by atoms with Crippen LogP contribution in [0.15, 0.2) is 84.4 Å². The largest absolute Gasteiger partial charge is 0.482 e. The van der Waals surface area contributed by atoms with Crippen molar-refractivity contribution < 1.29 is 42.1 Å². The molecule has 0 aromatic heterocycles. The second-order valence-corrected chi connectivity index (χ2v) is 11.1. The van der Waals surface area contributed by atoms with Crippen LogP contribution in [0.3, 0.4) is 0 Å². The van der Waals surface area contributed by atoms with Crippen molar-refractivity contribution in [3.8, 4) is 5.75 Å². The summed E-state index contributed by atoms with van der Waals surface area (Å²) >= 11 is 2.06. The molecule has 0 bridgehead atoms. The molecule has 1 aliphatic rings. The monoisotopic (exact) mass is 712 g/mol. The van der Waals surface area contributed by atoms with Gasteiger partial charge in [0, 0.05) is 30.6 Å². The van der Waals surface area contributed by atoms with Gasteiger partial charge in [-0.1, -0.05) is 24.3 Å². The van der Waals surface area contributed by atoms with Crippen molar-refractivity contribution in [3.05, 3.63) is 111 Å². The molecule has 12 heteroatoms. The number of carbonyl (C=O) groups excluding carboxylic acids is 2. The van der Waals surface area contributed by atoms with Crippen LogP contribution in [0.1, 0.15) is 27.9 Å². The van der Waals surface area contributed by atoms with Crippen LogP contribution in [-0.2, 0) is 17.4 Å². The van der Waals surface area contributed by atoms with E-state index in [1.165, 1.54) is 29.2 Å². The Labute approximate surface area is 259 Å². The quantitative estimate of drug-likeness (QED) is 0.208. The van der Waals surface area contributed by atoms with Gasteiger partial charge in [0.1, 0.15) is 23.8 Å². The molecule has 3 atom stereocenters. The summed E-state index contributed by atoms with van der Waals surface area (Å²) in [5.74, 6) is -1.26. The van der Waals surface area contributed by atoms with Gasteiger partial charge in [-0.2, -0.15) is 13.2 Å². The standard InChI is InChI=1S/C31H29F4IN2O5/c32-23-5-3-4-19(16-23)12-14-38(30(42)20-8-10-22(11-9-20)31(33,34)35)25-17-21(29(41)37-13-15-39)18-27(28(25)40)43-26-7-2-1-6-24(26)36/h1-11,16,18,25,27-28,39-40H,12-15,17H2,(H,37,41)/t25-,27+,28+/m1/s1. The van der Waals surface area contributed by atoms with Crippen molar-refractivity contribution in [1.29, 1.82) is 0 Å². The van der Waals surface area contributed by atoms with E-state index >= 15 is 0 Å². The maximum atomic E-state index is 13.9. The van der Waals surface area contributed by atoms with Gasteiger partial charge in [0.05, 0.1) is 21.8 Å². The van der Waals surface area contributed by atoms with Crippen molar-refractivity contribution >= 4 is 34.4 Å². The van der Waals surface area contributed by atoms with E-state index in [0.29, 0.717) is 11.3 Å². The van der Waals surface area contributed by atoms with Crippen molar-refractivity contribution in [2.75, 3.05) is 19.7 Å². The Hall–Kier alpha value is -3.49. The summed E-state index contributed by atoms with van der Waals surface area (Å²) in [7, 11) is 0. The van der Waals surface area contributed by atoms with Gasteiger partial charge in [-0.25, -0.2) is 4.39 Å². The maximum Gasteiger partial charge on any atom is 0.416 e. The van der Waals surface area contributed by atoms with Gasteiger partial charge in [0.2, 0.25) is 5.91 Å². The lowest BCUT2D eigenvalue weighted by molar-refractivity contribution is -0.137. The number of nitrogens with one attached hydrogen (secondary N) is 1. The summed E-state index contributed by atoms with van der Waals surface area (Å²) in [5.41, 5.74) is -0.241. The predicted molar refractivity (Wildman–Crippen MR) is 159 cm³/mol. The summed E-state index contributed by atoms with van der Waals surface area (Å²) in [4.78, 5) is 28.2. The van der Waals surface area contributed by atoms with Crippen LogP contribution < -0.4 is 10.1 Å². The number of hydrogen-bond donors (Lipinski definition) is 3. The Balaban J connectivity index is 1.71. The van der Waals surface area contributed by atoms with E-state index in [1.807, 2.05) is 0 Å². The molecule has 43 heavy (non-hydrogen) atoms. The second kappa shape index (κ2) is 14.3. The topological polar surface area (TPSA) is 99.1 Å². The van der Waals surface area contributed by atoms with E-state index in [0.717, 1.165) is 27.8 Å². The number of amides is 2. The highest BCUT2D eigenvalue weighted by Crippen LogP contribution is 2.32. The SMILES string of the molecule is O=C(NCCO)C1=C[C@H](Oc2ccccc2I)[C@@H](O)[C@H](N(CCc2cccc(F)c2)C(=O)c2ccc(C(F)(F)F)cc2)C1. The van der Waals surface area contributed by atoms with Crippen molar-refractivity contribution in [2.45, 2.75) is 37.3 Å². The van der Waals surface area contributed by atoms with Crippen LogP contribution >= 0.6 is 22.6 Å². The third kappa shape index (κ3) is 8.33. The molecule has 2 amide bonds. The maximum absolute atomic E-state index is 13.9. The van der Waals surface area contributed by atoms with Crippen molar-refractivity contribution in [2.24, 2.45) is 0 Å². The molecule has 0 fully saturated rings. The second-order valence-electron chi connectivity index (χ2n) is 9.90. The zero-order chi connectivity index (χ0) is 31.1. The lowest BCUT2D eigenvalue weighted by atomic mass is 9.87. The average molecular weight is 712 g/mol. The molecule has 0 spiro atoms. The van der Waals surface area contributed by atoms with Crippen LogP contribution in [-0.4, -0.2) is 64.9 Å². The molecule has 0 radical (unpaired) electrons. The van der Waals surface area contributed by atoms with Gasteiger partial charge >= 0.3 is 6.18 Å². The third-order valence-corrected chi connectivity index (χ3v) is 7.86. The minimum Gasteiger partial charge on any atom is -0.482 e. The Morgan fingerprint density at radius 2 is 1.77 bits per heavy atom. The highest BCUT2D eigenvalue weighted by Gasteiger charge is 2.41. The average Bonchev–Trinajstić information content (AvgIpc) is 2.98. The first-order valence-electron chi connectivity index (χ1n) is 13.4. The summed E-state index contributed by atoms with van der Waals surface area (Å²) in [6.45, 7) is -0.384. The summed E-state index contributed by atoms with van der Waals surface area (Å²) in [6.07, 6.45) is -5.52. The molecule has 3 N–H and O–H groups in total. The van der Waals surface area contributed by atoms with E-state index in [2.05, 4.69) is 27.9 Å². The first kappa shape index (κ1) is 32.4. The minimum atomic E-state index is -4.60. The van der Waals surface area contributed by atoms with E-state index in [-0.39, 0.29) is 43.7 Å². The number of aliphatic hydroxyl groups is 2. The number of rotatable bonds is 10. The highest BCUT2D eigenvalue weighted by atomic mass is 127. The zero-order valence-electron chi connectivity index (χ0n) is 22.7. The van der Waals surface area contributed by atoms with E-state index in [1.54, 1.807) is 30.3 Å². The number of alkyl halides is 3. The summed E-state index contributed by atoms with van der Waals surface area (Å²) in [6, 6.07) is 15.4. The summed E-state index contributed by atoms with van der Waals surface area (Å²) in [5, 5.41) is 23.3. The molecular formula is C31H29F4IN2O5. The third-order valence-electron chi connectivity index (χ3n) is 6.96. The molecule has 3 aromatic carbocycles. The van der Waals surface area contributed by atoms with Gasteiger partial charge < -0.3 is 25.2 Å². The van der Waals surface area contributed by atoms with Crippen LogP contribution in [0.4, 0.5) is 17.6 Å². The molecule has 7 nitrogen and oxygen atoms in total. The van der Waals surface area contributed by atoms with Crippen LogP contribution in [0.2, 0.25) is 0 Å². The molecule has 4 rings (SSSR count). The molecule has 0 saturated carbocycles. The fraction of sp³-hybridized carbons (Fsp3) is 0.290. The number of nitrogens with zero attached hydrogens (tertiary/aromatic N) is 1. The van der Waals surface area contributed by atoms with Crippen LogP contribution in [0.5, 0.6) is 5.75 Å². The molecule has 1 aliphatic carbocycles. The number of carbonyl (C=O) groups is 2. The lowest BCUT2D eigenvalue weighted by Crippen LogP contribution is -2.55. The summed E-state index contributed by atoms with van der Waals surface area (Å²) < 4.78 is 60.3. The van der Waals surface area contributed by atoms with Crippen molar-refractivity contribution in [1.82, 2.24) is 10.2 Å². The highest BCUT2D eigenvalue weighted by molar-refractivity contribution is 14.1. The number of ether oxygens (including phenoxy) is 1. The smallest absolute Gasteiger partial charge is 0.416 e. The van der Waals surface area contributed by atoms with E-state index < -0.39 is 47.6 Å². The number of aliphatic hydroxyl groups excluding tert-OH is 2. The van der Waals surface area contributed by atoms with Gasteiger partial charge in [-0.15, -0.1) is 0 Å². The fourth-order valence-electron chi connectivity index (χ4n) is 4.79. The molecule has 3 aromatic rings. The lowest BCUT2D eigenvalue weighted by Gasteiger charge is -2.40. The zero-order valence-corrected chi connectivity index (χ0v) is 24.9. The molecule has 0 heterocycles. The first-order valence-corrected chi connectivity index (χ1v) is 14.5. The van der Waals surface area contributed by atoms with E-state index in [4.69, 9.17) is 4.74 Å².